The van der Waals surface area contributed by atoms with Crippen LogP contribution in [0.15, 0.2) is 0 Å². The molecule has 0 aromatic rings. The third-order valence-corrected chi connectivity index (χ3v) is 4.91. The second kappa shape index (κ2) is 8.35. The lowest BCUT2D eigenvalue weighted by Crippen LogP contribution is -2.46. The van der Waals surface area contributed by atoms with Crippen molar-refractivity contribution in [3.8, 4) is 0 Å². The molecule has 0 radical (unpaired) electrons. The Balaban J connectivity index is 2.47. The SMILES string of the molecule is CCN(CCCN(C)C)CC1CC(C)(C)CCC1NC. The molecule has 1 N–H and O–H groups in total. The highest BCUT2D eigenvalue weighted by molar-refractivity contribution is 4.89. The van der Waals surface area contributed by atoms with E-state index in [-0.39, 0.29) is 0 Å². The molecule has 1 rings (SSSR count). The van der Waals surface area contributed by atoms with Gasteiger partial charge in [0.15, 0.2) is 0 Å². The molecule has 1 aliphatic rings. The van der Waals surface area contributed by atoms with Gasteiger partial charge in [-0.25, -0.2) is 0 Å². The van der Waals surface area contributed by atoms with E-state index in [4.69, 9.17) is 0 Å². The van der Waals surface area contributed by atoms with Gasteiger partial charge in [-0.05, 0) is 77.8 Å². The van der Waals surface area contributed by atoms with Gasteiger partial charge in [-0.2, -0.15) is 0 Å². The number of rotatable bonds is 8. The summed E-state index contributed by atoms with van der Waals surface area (Å²) in [6, 6.07) is 0.714. The average Bonchev–Trinajstić information content (AvgIpc) is 2.36. The molecule has 1 fully saturated rings. The Labute approximate surface area is 127 Å². The second-order valence-corrected chi connectivity index (χ2v) is 7.61. The van der Waals surface area contributed by atoms with Gasteiger partial charge in [0.2, 0.25) is 0 Å². The van der Waals surface area contributed by atoms with Crippen LogP contribution in [0, 0.1) is 11.3 Å². The van der Waals surface area contributed by atoms with Crippen molar-refractivity contribution >= 4 is 0 Å². The number of nitrogens with one attached hydrogen (secondary N) is 1. The molecule has 1 aliphatic carbocycles. The summed E-state index contributed by atoms with van der Waals surface area (Å²) in [5, 5.41) is 3.56. The summed E-state index contributed by atoms with van der Waals surface area (Å²) in [5.74, 6) is 0.808. The molecular weight excluding hydrogens is 246 g/mol. The van der Waals surface area contributed by atoms with Gasteiger partial charge in [0.25, 0.3) is 0 Å². The van der Waals surface area contributed by atoms with Gasteiger partial charge >= 0.3 is 0 Å². The summed E-state index contributed by atoms with van der Waals surface area (Å²) in [5.41, 5.74) is 0.529. The lowest BCUT2D eigenvalue weighted by molar-refractivity contribution is 0.103. The molecule has 0 aromatic heterocycles. The summed E-state index contributed by atoms with van der Waals surface area (Å²) >= 11 is 0. The van der Waals surface area contributed by atoms with Gasteiger partial charge < -0.3 is 15.1 Å². The molecule has 0 aromatic carbocycles. The predicted octanol–water partition coefficient (Wildman–Crippen LogP) is 2.67. The maximum atomic E-state index is 3.56. The van der Waals surface area contributed by atoms with Gasteiger partial charge in [0.05, 0.1) is 0 Å². The lowest BCUT2D eigenvalue weighted by Gasteiger charge is -2.42. The Bertz CT molecular complexity index is 263. The molecule has 0 bridgehead atoms. The van der Waals surface area contributed by atoms with E-state index in [0.29, 0.717) is 11.5 Å². The van der Waals surface area contributed by atoms with E-state index in [9.17, 15) is 0 Å². The van der Waals surface area contributed by atoms with Gasteiger partial charge in [-0.15, -0.1) is 0 Å². The molecule has 0 spiro atoms. The van der Waals surface area contributed by atoms with Crippen LogP contribution in [0.3, 0.4) is 0 Å². The number of hydrogen-bond acceptors (Lipinski definition) is 3. The molecule has 1 saturated carbocycles. The normalized spacial score (nSPS) is 26.4. The summed E-state index contributed by atoms with van der Waals surface area (Å²) < 4.78 is 0. The van der Waals surface area contributed by atoms with E-state index in [0.717, 1.165) is 5.92 Å². The van der Waals surface area contributed by atoms with Crippen LogP contribution in [0.2, 0.25) is 0 Å². The third-order valence-electron chi connectivity index (χ3n) is 4.91. The van der Waals surface area contributed by atoms with Gasteiger partial charge in [-0.3, -0.25) is 0 Å². The highest BCUT2D eigenvalue weighted by Gasteiger charge is 2.34. The van der Waals surface area contributed by atoms with Crippen molar-refractivity contribution in [3.05, 3.63) is 0 Å². The quantitative estimate of drug-likeness (QED) is 0.739. The van der Waals surface area contributed by atoms with E-state index in [1.54, 1.807) is 0 Å². The molecule has 0 saturated heterocycles. The van der Waals surface area contributed by atoms with Crippen LogP contribution in [0.1, 0.15) is 46.5 Å². The van der Waals surface area contributed by atoms with E-state index in [1.165, 1.54) is 51.9 Å². The Morgan fingerprint density at radius 2 is 1.90 bits per heavy atom. The average molecular weight is 284 g/mol. The molecular formula is C17H37N3. The first-order valence-corrected chi connectivity index (χ1v) is 8.42. The Hall–Kier alpha value is -0.120. The molecule has 0 amide bonds. The minimum atomic E-state index is 0.529. The molecule has 3 heteroatoms. The fourth-order valence-corrected chi connectivity index (χ4v) is 3.63. The summed E-state index contributed by atoms with van der Waals surface area (Å²) in [6.45, 7) is 12.1. The third kappa shape index (κ3) is 6.11. The summed E-state index contributed by atoms with van der Waals surface area (Å²) in [4.78, 5) is 4.94. The molecule has 0 aliphatic heterocycles. The van der Waals surface area contributed by atoms with Crippen molar-refractivity contribution in [2.24, 2.45) is 11.3 Å². The Kier molecular flexibility index (Phi) is 7.49. The molecule has 20 heavy (non-hydrogen) atoms. The second-order valence-electron chi connectivity index (χ2n) is 7.61. The molecule has 2 unspecified atom stereocenters. The van der Waals surface area contributed by atoms with Crippen molar-refractivity contribution < 1.29 is 0 Å². The van der Waals surface area contributed by atoms with Crippen LogP contribution in [0.25, 0.3) is 0 Å². The first-order valence-electron chi connectivity index (χ1n) is 8.42. The first-order chi connectivity index (χ1) is 9.38. The largest absolute Gasteiger partial charge is 0.317 e. The number of nitrogens with zero attached hydrogens (tertiary/aromatic N) is 2. The molecule has 2 atom stereocenters. The van der Waals surface area contributed by atoms with Gasteiger partial charge in [-0.1, -0.05) is 20.8 Å². The van der Waals surface area contributed by atoms with E-state index in [2.05, 4.69) is 57.0 Å². The summed E-state index contributed by atoms with van der Waals surface area (Å²) in [7, 11) is 6.46. The van der Waals surface area contributed by atoms with Crippen molar-refractivity contribution in [1.82, 2.24) is 15.1 Å². The topological polar surface area (TPSA) is 18.5 Å². The van der Waals surface area contributed by atoms with Crippen LogP contribution >= 0.6 is 0 Å². The maximum Gasteiger partial charge on any atom is 0.0105 e. The zero-order chi connectivity index (χ0) is 15.2. The molecule has 3 nitrogen and oxygen atoms in total. The standard InChI is InChI=1S/C17H37N3/c1-7-20(12-8-11-19(5)6)14-15-13-17(2,3)10-9-16(15)18-4/h15-16,18H,7-14H2,1-6H3. The minimum Gasteiger partial charge on any atom is -0.317 e. The van der Waals surface area contributed by atoms with E-state index in [1.807, 2.05) is 0 Å². The monoisotopic (exact) mass is 283 g/mol. The van der Waals surface area contributed by atoms with Crippen LogP contribution in [0.4, 0.5) is 0 Å². The van der Waals surface area contributed by atoms with E-state index < -0.39 is 0 Å². The summed E-state index contributed by atoms with van der Waals surface area (Å²) in [6.07, 6.45) is 5.34. The fraction of sp³-hybridized carbons (Fsp3) is 1.00. The zero-order valence-electron chi connectivity index (χ0n) is 14.7. The minimum absolute atomic E-state index is 0.529. The van der Waals surface area contributed by atoms with Crippen molar-refractivity contribution in [1.29, 1.82) is 0 Å². The smallest absolute Gasteiger partial charge is 0.0105 e. The van der Waals surface area contributed by atoms with Crippen LogP contribution in [-0.4, -0.2) is 63.2 Å². The Morgan fingerprint density at radius 1 is 1.20 bits per heavy atom. The molecule has 0 heterocycles. The zero-order valence-corrected chi connectivity index (χ0v) is 14.7. The highest BCUT2D eigenvalue weighted by atomic mass is 15.1. The van der Waals surface area contributed by atoms with Crippen LogP contribution in [0.5, 0.6) is 0 Å². The number of hydrogen-bond donors (Lipinski definition) is 1. The first kappa shape index (κ1) is 17.9. The lowest BCUT2D eigenvalue weighted by atomic mass is 9.69. The van der Waals surface area contributed by atoms with Crippen molar-refractivity contribution in [2.45, 2.75) is 52.5 Å². The van der Waals surface area contributed by atoms with Crippen molar-refractivity contribution in [3.63, 3.8) is 0 Å². The van der Waals surface area contributed by atoms with E-state index >= 15 is 0 Å². The van der Waals surface area contributed by atoms with Crippen molar-refractivity contribution in [2.75, 3.05) is 47.3 Å². The molecule has 120 valence electrons. The predicted molar refractivity (Wildman–Crippen MR) is 89.3 cm³/mol. The van der Waals surface area contributed by atoms with Crippen LogP contribution < -0.4 is 5.32 Å². The van der Waals surface area contributed by atoms with Gasteiger partial charge in [0.1, 0.15) is 0 Å². The Morgan fingerprint density at radius 3 is 2.45 bits per heavy atom. The van der Waals surface area contributed by atoms with Crippen LogP contribution in [-0.2, 0) is 0 Å². The highest BCUT2D eigenvalue weighted by Crippen LogP contribution is 2.38. The van der Waals surface area contributed by atoms with Gasteiger partial charge in [0, 0.05) is 12.6 Å². The maximum absolute atomic E-state index is 3.56. The fourth-order valence-electron chi connectivity index (χ4n) is 3.63.